The lowest BCUT2D eigenvalue weighted by atomic mass is 10.0. The third-order valence-corrected chi connectivity index (χ3v) is 4.32. The normalized spacial score (nSPS) is 27.5. The molecule has 2 saturated heterocycles. The zero-order valence-electron chi connectivity index (χ0n) is 12.9. The molecule has 0 saturated carbocycles. The molecule has 0 bridgehead atoms. The van der Waals surface area contributed by atoms with Crippen LogP contribution >= 0.6 is 0 Å². The van der Waals surface area contributed by atoms with Crippen LogP contribution in [0.15, 0.2) is 24.3 Å². The van der Waals surface area contributed by atoms with Crippen molar-refractivity contribution in [1.29, 1.82) is 0 Å². The van der Waals surface area contributed by atoms with E-state index in [0.717, 1.165) is 52.3 Å². The summed E-state index contributed by atoms with van der Waals surface area (Å²) in [5.74, 6) is 0. The van der Waals surface area contributed by atoms with Gasteiger partial charge in [-0.3, -0.25) is 4.90 Å². The Kier molecular flexibility index (Phi) is 5.12. The quantitative estimate of drug-likeness (QED) is 0.924. The highest BCUT2D eigenvalue weighted by Crippen LogP contribution is 2.19. The zero-order valence-corrected chi connectivity index (χ0v) is 12.9. The van der Waals surface area contributed by atoms with Crippen LogP contribution in [0.1, 0.15) is 25.3 Å². The van der Waals surface area contributed by atoms with Crippen LogP contribution in [0.2, 0.25) is 0 Å². The highest BCUT2D eigenvalue weighted by molar-refractivity contribution is 5.45. The lowest BCUT2D eigenvalue weighted by molar-refractivity contribution is 0.0232. The molecule has 0 aliphatic carbocycles. The molecule has 2 aliphatic heterocycles. The minimum atomic E-state index is 0.372. The van der Waals surface area contributed by atoms with Gasteiger partial charge in [-0.2, -0.15) is 0 Å². The topological polar surface area (TPSA) is 33.7 Å². The number of nitrogens with zero attached hydrogens (tertiary/aromatic N) is 1. The molecule has 1 aromatic carbocycles. The molecule has 0 spiro atoms. The molecule has 1 aromatic rings. The predicted octanol–water partition coefficient (Wildman–Crippen LogP) is 2.50. The third-order valence-electron chi connectivity index (χ3n) is 4.32. The van der Waals surface area contributed by atoms with Crippen molar-refractivity contribution in [3.63, 3.8) is 0 Å². The molecule has 2 unspecified atom stereocenters. The van der Waals surface area contributed by atoms with Crippen LogP contribution in [-0.4, -0.2) is 50.0 Å². The molecule has 116 valence electrons. The molecule has 2 fully saturated rings. The number of anilines is 1. The van der Waals surface area contributed by atoms with Crippen LogP contribution in [0.3, 0.4) is 0 Å². The van der Waals surface area contributed by atoms with Crippen molar-refractivity contribution in [2.45, 2.75) is 38.5 Å². The minimum absolute atomic E-state index is 0.372. The SMILES string of the molecule is CC1CC(Nc2ccc(CN3CCOCC3)cc2)CCO1. The average Bonchev–Trinajstić information content (AvgIpc) is 2.50. The van der Waals surface area contributed by atoms with Gasteiger partial charge in [0.15, 0.2) is 0 Å². The average molecular weight is 290 g/mol. The van der Waals surface area contributed by atoms with Crippen LogP contribution < -0.4 is 5.32 Å². The van der Waals surface area contributed by atoms with Crippen molar-refractivity contribution >= 4 is 5.69 Å². The van der Waals surface area contributed by atoms with Gasteiger partial charge in [0.1, 0.15) is 0 Å². The number of hydrogen-bond donors (Lipinski definition) is 1. The molecule has 2 heterocycles. The molecular weight excluding hydrogens is 264 g/mol. The van der Waals surface area contributed by atoms with Crippen molar-refractivity contribution in [3.05, 3.63) is 29.8 Å². The van der Waals surface area contributed by atoms with E-state index in [1.165, 1.54) is 11.3 Å². The molecule has 1 N–H and O–H groups in total. The van der Waals surface area contributed by atoms with Gasteiger partial charge in [0.05, 0.1) is 19.3 Å². The molecule has 2 aliphatic rings. The molecule has 3 rings (SSSR count). The summed E-state index contributed by atoms with van der Waals surface area (Å²) in [6.07, 6.45) is 2.56. The van der Waals surface area contributed by atoms with Crippen molar-refractivity contribution in [1.82, 2.24) is 4.90 Å². The van der Waals surface area contributed by atoms with Gasteiger partial charge in [-0.15, -0.1) is 0 Å². The van der Waals surface area contributed by atoms with Crippen LogP contribution in [0.25, 0.3) is 0 Å². The number of nitrogens with one attached hydrogen (secondary N) is 1. The Balaban J connectivity index is 1.51. The number of hydrogen-bond acceptors (Lipinski definition) is 4. The molecule has 0 aromatic heterocycles. The van der Waals surface area contributed by atoms with Crippen molar-refractivity contribution < 1.29 is 9.47 Å². The van der Waals surface area contributed by atoms with Crippen LogP contribution in [0, 0.1) is 0 Å². The van der Waals surface area contributed by atoms with Crippen molar-refractivity contribution in [2.24, 2.45) is 0 Å². The van der Waals surface area contributed by atoms with Crippen molar-refractivity contribution in [2.75, 3.05) is 38.2 Å². The maximum atomic E-state index is 5.59. The summed E-state index contributed by atoms with van der Waals surface area (Å²) in [6, 6.07) is 9.42. The smallest absolute Gasteiger partial charge is 0.0594 e. The fourth-order valence-corrected chi connectivity index (χ4v) is 3.09. The predicted molar refractivity (Wildman–Crippen MR) is 84.6 cm³/mol. The molecule has 4 heteroatoms. The second kappa shape index (κ2) is 7.25. The number of rotatable bonds is 4. The Bertz CT molecular complexity index is 429. The molecular formula is C17H26N2O2. The summed E-state index contributed by atoms with van der Waals surface area (Å²) in [7, 11) is 0. The summed E-state index contributed by atoms with van der Waals surface area (Å²) < 4.78 is 11.0. The lowest BCUT2D eigenvalue weighted by Crippen LogP contribution is -2.35. The van der Waals surface area contributed by atoms with E-state index in [4.69, 9.17) is 9.47 Å². The van der Waals surface area contributed by atoms with Crippen LogP contribution in [0.4, 0.5) is 5.69 Å². The number of morpholine rings is 1. The molecule has 21 heavy (non-hydrogen) atoms. The maximum Gasteiger partial charge on any atom is 0.0594 e. The summed E-state index contributed by atoms with van der Waals surface area (Å²) in [5, 5.41) is 3.63. The van der Waals surface area contributed by atoms with Gasteiger partial charge in [-0.25, -0.2) is 0 Å². The number of ether oxygens (including phenoxy) is 2. The highest BCUT2D eigenvalue weighted by atomic mass is 16.5. The van der Waals surface area contributed by atoms with E-state index in [0.29, 0.717) is 12.1 Å². The fraction of sp³-hybridized carbons (Fsp3) is 0.647. The van der Waals surface area contributed by atoms with E-state index < -0.39 is 0 Å². The summed E-state index contributed by atoms with van der Waals surface area (Å²) >= 11 is 0. The Morgan fingerprint density at radius 3 is 2.62 bits per heavy atom. The third kappa shape index (κ3) is 4.43. The summed E-state index contributed by atoms with van der Waals surface area (Å²) in [5.41, 5.74) is 2.60. The Morgan fingerprint density at radius 2 is 1.90 bits per heavy atom. The Morgan fingerprint density at radius 1 is 1.14 bits per heavy atom. The minimum Gasteiger partial charge on any atom is -0.382 e. The second-order valence-corrected chi connectivity index (χ2v) is 6.13. The Labute approximate surface area is 127 Å². The highest BCUT2D eigenvalue weighted by Gasteiger charge is 2.19. The summed E-state index contributed by atoms with van der Waals surface area (Å²) in [6.45, 7) is 7.86. The second-order valence-electron chi connectivity index (χ2n) is 6.13. The molecule has 0 amide bonds. The van der Waals surface area contributed by atoms with Gasteiger partial charge in [-0.05, 0) is 37.5 Å². The van der Waals surface area contributed by atoms with Gasteiger partial charge < -0.3 is 14.8 Å². The van der Waals surface area contributed by atoms with Gasteiger partial charge >= 0.3 is 0 Å². The molecule has 2 atom stereocenters. The van der Waals surface area contributed by atoms with E-state index in [1.54, 1.807) is 0 Å². The van der Waals surface area contributed by atoms with E-state index >= 15 is 0 Å². The standard InChI is InChI=1S/C17H26N2O2/c1-14-12-17(6-9-21-14)18-16-4-2-15(3-5-16)13-19-7-10-20-11-8-19/h2-5,14,17-18H,6-13H2,1H3. The molecule has 0 radical (unpaired) electrons. The lowest BCUT2D eigenvalue weighted by Gasteiger charge is -2.29. The van der Waals surface area contributed by atoms with Gasteiger partial charge in [0.2, 0.25) is 0 Å². The number of benzene rings is 1. The van der Waals surface area contributed by atoms with Gasteiger partial charge in [0, 0.05) is 38.0 Å². The first-order valence-corrected chi connectivity index (χ1v) is 8.07. The fourth-order valence-electron chi connectivity index (χ4n) is 3.09. The van der Waals surface area contributed by atoms with Crippen molar-refractivity contribution in [3.8, 4) is 0 Å². The first-order chi connectivity index (χ1) is 10.3. The zero-order chi connectivity index (χ0) is 14.5. The first-order valence-electron chi connectivity index (χ1n) is 8.07. The largest absolute Gasteiger partial charge is 0.382 e. The van der Waals surface area contributed by atoms with E-state index in [1.807, 2.05) is 0 Å². The molecule has 4 nitrogen and oxygen atoms in total. The van der Waals surface area contributed by atoms with Gasteiger partial charge in [-0.1, -0.05) is 12.1 Å². The van der Waals surface area contributed by atoms with Crippen LogP contribution in [-0.2, 0) is 16.0 Å². The van der Waals surface area contributed by atoms with E-state index in [-0.39, 0.29) is 0 Å². The van der Waals surface area contributed by atoms with E-state index in [9.17, 15) is 0 Å². The van der Waals surface area contributed by atoms with E-state index in [2.05, 4.69) is 41.4 Å². The maximum absolute atomic E-state index is 5.59. The van der Waals surface area contributed by atoms with Crippen LogP contribution in [0.5, 0.6) is 0 Å². The van der Waals surface area contributed by atoms with Gasteiger partial charge in [0.25, 0.3) is 0 Å². The Hall–Kier alpha value is -1.10. The first kappa shape index (κ1) is 14.8. The summed E-state index contributed by atoms with van der Waals surface area (Å²) in [4.78, 5) is 2.45. The monoisotopic (exact) mass is 290 g/mol.